The van der Waals surface area contributed by atoms with Gasteiger partial charge >= 0.3 is 12.1 Å². The fourth-order valence-corrected chi connectivity index (χ4v) is 5.06. The lowest BCUT2D eigenvalue weighted by atomic mass is 9.50. The van der Waals surface area contributed by atoms with Gasteiger partial charge in [-0.1, -0.05) is 6.92 Å². The van der Waals surface area contributed by atoms with E-state index in [9.17, 15) is 18.0 Å². The van der Waals surface area contributed by atoms with Crippen LogP contribution in [-0.2, 0) is 9.53 Å². The van der Waals surface area contributed by atoms with Gasteiger partial charge in [0.05, 0.1) is 0 Å². The number of carbonyl (C=O) groups excluding carboxylic acids is 1. The summed E-state index contributed by atoms with van der Waals surface area (Å²) in [4.78, 5) is 12.4. The van der Waals surface area contributed by atoms with Crippen LogP contribution in [0.15, 0.2) is 0 Å². The highest BCUT2D eigenvalue weighted by molar-refractivity contribution is 5.78. The molecule has 0 saturated heterocycles. The van der Waals surface area contributed by atoms with E-state index in [1.807, 2.05) is 6.92 Å². The van der Waals surface area contributed by atoms with Crippen LogP contribution < -0.4 is 0 Å². The van der Waals surface area contributed by atoms with Crippen molar-refractivity contribution in [2.24, 2.45) is 29.1 Å². The summed E-state index contributed by atoms with van der Waals surface area (Å²) in [6.45, 7) is 4.24. The van der Waals surface area contributed by atoms with E-state index < -0.39 is 23.2 Å². The average Bonchev–Trinajstić information content (AvgIpc) is 2.42. The molecule has 126 valence electrons. The molecule has 0 aromatic carbocycles. The molecule has 0 heterocycles. The highest BCUT2D eigenvalue weighted by Gasteiger charge is 2.61. The van der Waals surface area contributed by atoms with Crippen molar-refractivity contribution < 1.29 is 22.7 Å². The lowest BCUT2D eigenvalue weighted by Crippen LogP contribution is -2.59. The number of hydrogen-bond acceptors (Lipinski definition) is 2. The van der Waals surface area contributed by atoms with E-state index >= 15 is 0 Å². The largest absolute Gasteiger partial charge is 0.458 e. The Kier molecular flexibility index (Phi) is 3.57. The zero-order chi connectivity index (χ0) is 16.3. The molecule has 0 radical (unpaired) electrons. The third-order valence-electron chi connectivity index (χ3n) is 6.86. The standard InChI is InChI=1S/C17H25F3O2/c1-4-15(2,17(18,19)20)14(21)22-16(3)12-6-10-5-11(8-12)9-13(16)7-10/h10-13H,4-9H2,1-3H3. The van der Waals surface area contributed by atoms with Crippen LogP contribution in [0.25, 0.3) is 0 Å². The summed E-state index contributed by atoms with van der Waals surface area (Å²) in [5.74, 6) is 0.769. The molecule has 0 N–H and O–H groups in total. The van der Waals surface area contributed by atoms with Crippen LogP contribution >= 0.6 is 0 Å². The molecule has 4 rings (SSSR count). The van der Waals surface area contributed by atoms with Crippen molar-refractivity contribution in [3.05, 3.63) is 0 Å². The van der Waals surface area contributed by atoms with Crippen LogP contribution in [0.5, 0.6) is 0 Å². The predicted molar refractivity (Wildman–Crippen MR) is 76.0 cm³/mol. The van der Waals surface area contributed by atoms with Crippen LogP contribution in [0, 0.1) is 29.1 Å². The number of esters is 1. The number of halogens is 3. The minimum absolute atomic E-state index is 0.238. The first kappa shape index (κ1) is 16.1. The smallest absolute Gasteiger partial charge is 0.404 e. The van der Waals surface area contributed by atoms with Gasteiger partial charge in [0.15, 0.2) is 5.41 Å². The topological polar surface area (TPSA) is 26.3 Å². The zero-order valence-electron chi connectivity index (χ0n) is 13.5. The number of hydrogen-bond donors (Lipinski definition) is 0. The molecule has 4 saturated carbocycles. The molecular formula is C17H25F3O2. The molecule has 4 bridgehead atoms. The fourth-order valence-electron chi connectivity index (χ4n) is 5.06. The summed E-state index contributed by atoms with van der Waals surface area (Å²) in [6, 6.07) is 0. The third-order valence-corrected chi connectivity index (χ3v) is 6.86. The monoisotopic (exact) mass is 318 g/mol. The van der Waals surface area contributed by atoms with E-state index in [1.165, 1.54) is 13.3 Å². The lowest BCUT2D eigenvalue weighted by molar-refractivity contribution is -0.253. The van der Waals surface area contributed by atoms with Crippen molar-refractivity contribution in [2.75, 3.05) is 0 Å². The summed E-state index contributed by atoms with van der Waals surface area (Å²) in [6.07, 6.45) is 0.425. The quantitative estimate of drug-likeness (QED) is 0.704. The molecule has 0 aromatic heterocycles. The summed E-state index contributed by atoms with van der Waals surface area (Å²) in [7, 11) is 0. The van der Waals surface area contributed by atoms with E-state index in [-0.39, 0.29) is 18.3 Å². The Labute approximate surface area is 129 Å². The Morgan fingerprint density at radius 3 is 1.91 bits per heavy atom. The molecule has 0 aromatic rings. The Morgan fingerprint density at radius 1 is 1.09 bits per heavy atom. The second-order valence-electron chi connectivity index (χ2n) is 8.06. The van der Waals surface area contributed by atoms with Gasteiger partial charge in [-0.25, -0.2) is 0 Å². The maximum Gasteiger partial charge on any atom is 0.404 e. The second-order valence-corrected chi connectivity index (χ2v) is 8.06. The zero-order valence-corrected chi connectivity index (χ0v) is 13.5. The Hall–Kier alpha value is -0.740. The van der Waals surface area contributed by atoms with Gasteiger partial charge in [0.2, 0.25) is 0 Å². The highest BCUT2D eigenvalue weighted by Crippen LogP contribution is 2.60. The van der Waals surface area contributed by atoms with Crippen LogP contribution in [0.1, 0.15) is 59.3 Å². The number of rotatable bonds is 3. The van der Waals surface area contributed by atoms with Crippen LogP contribution in [0.2, 0.25) is 0 Å². The van der Waals surface area contributed by atoms with Gasteiger partial charge in [-0.05, 0) is 76.0 Å². The molecule has 4 aliphatic rings. The molecule has 4 fully saturated rings. The van der Waals surface area contributed by atoms with E-state index in [1.54, 1.807) is 0 Å². The fraction of sp³-hybridized carbons (Fsp3) is 0.941. The molecular weight excluding hydrogens is 293 g/mol. The molecule has 0 aliphatic heterocycles. The first-order chi connectivity index (χ1) is 10.1. The Bertz CT molecular complexity index is 443. The number of ether oxygens (including phenoxy) is 1. The van der Waals surface area contributed by atoms with E-state index in [2.05, 4.69) is 0 Å². The number of carbonyl (C=O) groups is 1. The van der Waals surface area contributed by atoms with Crippen molar-refractivity contribution in [1.29, 1.82) is 0 Å². The Balaban J connectivity index is 1.81. The molecule has 4 aliphatic carbocycles. The minimum atomic E-state index is -4.57. The summed E-state index contributed by atoms with van der Waals surface area (Å²) < 4.78 is 45.5. The van der Waals surface area contributed by atoms with Crippen LogP contribution in [0.4, 0.5) is 13.2 Å². The molecule has 5 heteroatoms. The predicted octanol–water partition coefficient (Wildman–Crippen LogP) is 4.72. The van der Waals surface area contributed by atoms with Crippen molar-refractivity contribution in [3.63, 3.8) is 0 Å². The van der Waals surface area contributed by atoms with Crippen molar-refractivity contribution >= 4 is 5.97 Å². The second kappa shape index (κ2) is 4.88. The first-order valence-corrected chi connectivity index (χ1v) is 8.40. The van der Waals surface area contributed by atoms with Gasteiger partial charge in [0.1, 0.15) is 5.60 Å². The van der Waals surface area contributed by atoms with E-state index in [0.717, 1.165) is 32.6 Å². The summed E-state index contributed by atoms with van der Waals surface area (Å²) in [5.41, 5.74) is -3.10. The van der Waals surface area contributed by atoms with Crippen LogP contribution in [0.3, 0.4) is 0 Å². The Morgan fingerprint density at radius 2 is 1.55 bits per heavy atom. The normalized spacial score (nSPS) is 43.0. The molecule has 1 atom stereocenters. The molecule has 2 nitrogen and oxygen atoms in total. The van der Waals surface area contributed by atoms with E-state index in [0.29, 0.717) is 11.8 Å². The summed E-state index contributed by atoms with van der Waals surface area (Å²) >= 11 is 0. The average molecular weight is 318 g/mol. The third kappa shape index (κ3) is 2.18. The maximum absolute atomic E-state index is 13.3. The molecule has 0 amide bonds. The minimum Gasteiger partial charge on any atom is -0.458 e. The van der Waals surface area contributed by atoms with E-state index in [4.69, 9.17) is 4.74 Å². The van der Waals surface area contributed by atoms with Crippen LogP contribution in [-0.4, -0.2) is 17.7 Å². The van der Waals surface area contributed by atoms with Gasteiger partial charge in [-0.15, -0.1) is 0 Å². The van der Waals surface area contributed by atoms with Gasteiger partial charge in [-0.2, -0.15) is 13.2 Å². The van der Waals surface area contributed by atoms with Crippen molar-refractivity contribution in [2.45, 2.75) is 71.1 Å². The van der Waals surface area contributed by atoms with Gasteiger partial charge < -0.3 is 4.74 Å². The van der Waals surface area contributed by atoms with Gasteiger partial charge in [0, 0.05) is 0 Å². The first-order valence-electron chi connectivity index (χ1n) is 8.40. The van der Waals surface area contributed by atoms with Gasteiger partial charge in [-0.3, -0.25) is 4.79 Å². The lowest BCUT2D eigenvalue weighted by Gasteiger charge is -2.59. The van der Waals surface area contributed by atoms with Gasteiger partial charge in [0.25, 0.3) is 0 Å². The summed E-state index contributed by atoms with van der Waals surface area (Å²) in [5, 5.41) is 0. The number of alkyl halides is 3. The highest BCUT2D eigenvalue weighted by atomic mass is 19.4. The molecule has 22 heavy (non-hydrogen) atoms. The van der Waals surface area contributed by atoms with Crippen molar-refractivity contribution in [1.82, 2.24) is 0 Å². The molecule has 1 unspecified atom stereocenters. The SMILES string of the molecule is CCC(C)(C(=O)OC1(C)C2CC3CC(C2)CC1C3)C(F)(F)F. The molecule has 0 spiro atoms. The van der Waals surface area contributed by atoms with Crippen molar-refractivity contribution in [3.8, 4) is 0 Å². The maximum atomic E-state index is 13.3.